The number of ether oxygens (including phenoxy) is 2. The summed E-state index contributed by atoms with van der Waals surface area (Å²) in [7, 11) is 0. The summed E-state index contributed by atoms with van der Waals surface area (Å²) >= 11 is 0. The Labute approximate surface area is 58.1 Å². The first kappa shape index (κ1) is 7.08. The highest BCUT2D eigenvalue weighted by atomic mass is 16.7. The van der Waals surface area contributed by atoms with Gasteiger partial charge in [-0.1, -0.05) is 0 Å². The minimum Gasteiger partial charge on any atom is -0.476 e. The monoisotopic (exact) mass is 144 g/mol. The van der Waals surface area contributed by atoms with Crippen molar-refractivity contribution in [1.82, 2.24) is 0 Å². The van der Waals surface area contributed by atoms with Crippen molar-refractivity contribution in [2.75, 3.05) is 6.61 Å². The first-order chi connectivity index (χ1) is 4.65. The topological polar surface area (TPSA) is 55.8 Å². The zero-order valence-corrected chi connectivity index (χ0v) is 5.53. The van der Waals surface area contributed by atoms with Crippen LogP contribution in [0.5, 0.6) is 0 Å². The van der Waals surface area contributed by atoms with Crippen LogP contribution in [0.15, 0.2) is 12.3 Å². The molecule has 0 aromatic carbocycles. The van der Waals surface area contributed by atoms with E-state index in [2.05, 4.69) is 0 Å². The van der Waals surface area contributed by atoms with Crippen LogP contribution in [0.2, 0.25) is 0 Å². The summed E-state index contributed by atoms with van der Waals surface area (Å²) in [5.74, 6) is -2.61. The van der Waals surface area contributed by atoms with Crippen LogP contribution in [0.1, 0.15) is 6.92 Å². The van der Waals surface area contributed by atoms with Gasteiger partial charge in [0.1, 0.15) is 0 Å². The fourth-order valence-corrected chi connectivity index (χ4v) is 0.571. The molecule has 0 spiro atoms. The zero-order valence-electron chi connectivity index (χ0n) is 5.53. The van der Waals surface area contributed by atoms with E-state index in [-0.39, 0.29) is 6.61 Å². The molecule has 1 N–H and O–H groups in total. The molecule has 0 saturated carbocycles. The van der Waals surface area contributed by atoms with Gasteiger partial charge in [-0.2, -0.15) is 0 Å². The molecule has 0 aromatic rings. The number of carboxylic acid groups (broad SMARTS) is 1. The maximum Gasteiger partial charge on any atom is 0.376 e. The Kier molecular flexibility index (Phi) is 1.63. The van der Waals surface area contributed by atoms with E-state index in [4.69, 9.17) is 14.6 Å². The van der Waals surface area contributed by atoms with E-state index in [1.54, 1.807) is 6.08 Å². The smallest absolute Gasteiger partial charge is 0.376 e. The lowest BCUT2D eigenvalue weighted by molar-refractivity contribution is -0.220. The van der Waals surface area contributed by atoms with Crippen molar-refractivity contribution < 1.29 is 19.4 Å². The Balaban J connectivity index is 2.68. The fourth-order valence-electron chi connectivity index (χ4n) is 0.571. The van der Waals surface area contributed by atoms with Crippen molar-refractivity contribution in [3.63, 3.8) is 0 Å². The van der Waals surface area contributed by atoms with E-state index >= 15 is 0 Å². The number of hydrogen-bond acceptors (Lipinski definition) is 3. The minimum atomic E-state index is -1.49. The lowest BCUT2D eigenvalue weighted by Gasteiger charge is -2.26. The second-order valence-corrected chi connectivity index (χ2v) is 2.05. The molecule has 0 radical (unpaired) electrons. The number of carboxylic acids is 1. The van der Waals surface area contributed by atoms with Gasteiger partial charge in [0.15, 0.2) is 0 Å². The van der Waals surface area contributed by atoms with Crippen LogP contribution in [0.3, 0.4) is 0 Å². The van der Waals surface area contributed by atoms with Gasteiger partial charge in [-0.3, -0.25) is 0 Å². The molecule has 0 amide bonds. The zero-order chi connectivity index (χ0) is 7.61. The maximum atomic E-state index is 10.4. The van der Waals surface area contributed by atoms with Crippen LogP contribution < -0.4 is 0 Å². The third-order valence-electron chi connectivity index (χ3n) is 1.23. The molecular weight excluding hydrogens is 136 g/mol. The van der Waals surface area contributed by atoms with Gasteiger partial charge in [-0.25, -0.2) is 4.79 Å². The predicted molar refractivity (Wildman–Crippen MR) is 32.2 cm³/mol. The average Bonchev–Trinajstić information content (AvgIpc) is 1.89. The van der Waals surface area contributed by atoms with Gasteiger partial charge in [-0.05, 0) is 6.08 Å². The Bertz CT molecular complexity index is 175. The van der Waals surface area contributed by atoms with Gasteiger partial charge >= 0.3 is 11.8 Å². The molecule has 10 heavy (non-hydrogen) atoms. The van der Waals surface area contributed by atoms with E-state index in [9.17, 15) is 4.79 Å². The molecule has 4 heteroatoms. The predicted octanol–water partition coefficient (Wildman–Crippen LogP) is 0.348. The summed E-state index contributed by atoms with van der Waals surface area (Å²) in [6.45, 7) is 1.64. The summed E-state index contributed by atoms with van der Waals surface area (Å²) in [5.41, 5.74) is 0. The highest BCUT2D eigenvalue weighted by Crippen LogP contribution is 2.16. The van der Waals surface area contributed by atoms with Gasteiger partial charge < -0.3 is 14.6 Å². The molecule has 1 unspecified atom stereocenters. The number of rotatable bonds is 1. The van der Waals surface area contributed by atoms with Crippen molar-refractivity contribution in [2.45, 2.75) is 12.7 Å². The molecule has 0 aromatic heterocycles. The van der Waals surface area contributed by atoms with E-state index < -0.39 is 11.8 Å². The Morgan fingerprint density at radius 2 is 2.50 bits per heavy atom. The normalized spacial score (nSPS) is 31.3. The maximum absolute atomic E-state index is 10.4. The van der Waals surface area contributed by atoms with E-state index in [1.165, 1.54) is 13.2 Å². The number of aliphatic carboxylic acids is 1. The second kappa shape index (κ2) is 2.30. The molecule has 0 saturated heterocycles. The Morgan fingerprint density at radius 3 is 2.80 bits per heavy atom. The molecule has 1 rings (SSSR count). The van der Waals surface area contributed by atoms with Crippen molar-refractivity contribution in [3.8, 4) is 0 Å². The van der Waals surface area contributed by atoms with Crippen LogP contribution in [0, 0.1) is 0 Å². The van der Waals surface area contributed by atoms with Gasteiger partial charge in [0.25, 0.3) is 0 Å². The third-order valence-corrected chi connectivity index (χ3v) is 1.23. The highest BCUT2D eigenvalue weighted by molar-refractivity contribution is 5.75. The quantitative estimate of drug-likeness (QED) is 0.576. The highest BCUT2D eigenvalue weighted by Gasteiger charge is 2.36. The van der Waals surface area contributed by atoms with E-state index in [0.29, 0.717) is 0 Å². The van der Waals surface area contributed by atoms with Crippen molar-refractivity contribution >= 4 is 5.97 Å². The first-order valence-corrected chi connectivity index (χ1v) is 2.85. The molecule has 0 bridgehead atoms. The van der Waals surface area contributed by atoms with E-state index in [0.717, 1.165) is 0 Å². The van der Waals surface area contributed by atoms with Crippen molar-refractivity contribution in [1.29, 1.82) is 0 Å². The van der Waals surface area contributed by atoms with Gasteiger partial charge in [0, 0.05) is 6.92 Å². The molecule has 1 aliphatic rings. The largest absolute Gasteiger partial charge is 0.476 e. The molecular formula is C6H8O4. The van der Waals surface area contributed by atoms with Crippen molar-refractivity contribution in [3.05, 3.63) is 12.3 Å². The molecule has 56 valence electrons. The van der Waals surface area contributed by atoms with Crippen LogP contribution in [0.25, 0.3) is 0 Å². The number of hydrogen-bond donors (Lipinski definition) is 1. The summed E-state index contributed by atoms with van der Waals surface area (Å²) in [5, 5.41) is 8.51. The van der Waals surface area contributed by atoms with Gasteiger partial charge in [-0.15, -0.1) is 0 Å². The molecule has 1 atom stereocenters. The third kappa shape index (κ3) is 1.11. The van der Waals surface area contributed by atoms with Gasteiger partial charge in [0.05, 0.1) is 12.9 Å². The molecule has 1 heterocycles. The van der Waals surface area contributed by atoms with Crippen LogP contribution in [-0.4, -0.2) is 23.5 Å². The van der Waals surface area contributed by atoms with Crippen LogP contribution in [-0.2, 0) is 14.3 Å². The average molecular weight is 144 g/mol. The summed E-state index contributed by atoms with van der Waals surface area (Å²) in [4.78, 5) is 10.4. The lowest BCUT2D eigenvalue weighted by atomic mass is 10.3. The summed E-state index contributed by atoms with van der Waals surface area (Å²) in [6.07, 6.45) is 2.93. The minimum absolute atomic E-state index is 0.281. The van der Waals surface area contributed by atoms with Crippen molar-refractivity contribution in [2.24, 2.45) is 0 Å². The first-order valence-electron chi connectivity index (χ1n) is 2.85. The second-order valence-electron chi connectivity index (χ2n) is 2.05. The SMILES string of the molecule is CC1(C(=O)O)OC=CCO1. The Morgan fingerprint density at radius 1 is 1.80 bits per heavy atom. The van der Waals surface area contributed by atoms with Gasteiger partial charge in [0.2, 0.25) is 0 Å². The van der Waals surface area contributed by atoms with E-state index in [1.807, 2.05) is 0 Å². The molecule has 4 nitrogen and oxygen atoms in total. The molecule has 0 fully saturated rings. The number of carbonyl (C=O) groups is 1. The Hall–Kier alpha value is -1.03. The lowest BCUT2D eigenvalue weighted by Crippen LogP contribution is -2.41. The van der Waals surface area contributed by atoms with Crippen LogP contribution in [0.4, 0.5) is 0 Å². The summed E-state index contributed by atoms with van der Waals surface area (Å²) < 4.78 is 9.54. The molecule has 1 aliphatic heterocycles. The molecule has 0 aliphatic carbocycles. The fraction of sp³-hybridized carbons (Fsp3) is 0.500. The summed E-state index contributed by atoms with van der Waals surface area (Å²) in [6, 6.07) is 0. The van der Waals surface area contributed by atoms with Crippen LogP contribution >= 0.6 is 0 Å². The standard InChI is InChI=1S/C6H8O4/c1-6(5(7)8)9-3-2-4-10-6/h2-3H,4H2,1H3,(H,7,8).